The van der Waals surface area contributed by atoms with Gasteiger partial charge in [-0.05, 0) is 36.8 Å². The molecule has 7 nitrogen and oxygen atoms in total. The summed E-state index contributed by atoms with van der Waals surface area (Å²) in [4.78, 5) is 28.8. The Bertz CT molecular complexity index is 1030. The number of hydrogen-bond acceptors (Lipinski definition) is 6. The fourth-order valence-electron chi connectivity index (χ4n) is 2.37. The summed E-state index contributed by atoms with van der Waals surface area (Å²) >= 11 is 0. The lowest BCUT2D eigenvalue weighted by Gasteiger charge is -2.07. The van der Waals surface area contributed by atoms with Gasteiger partial charge in [-0.15, -0.1) is 0 Å². The molecule has 0 fully saturated rings. The van der Waals surface area contributed by atoms with Gasteiger partial charge in [-0.25, -0.2) is 13.8 Å². The van der Waals surface area contributed by atoms with Crippen LogP contribution in [0.15, 0.2) is 60.3 Å². The van der Waals surface area contributed by atoms with E-state index in [4.69, 9.17) is 4.84 Å². The maximum absolute atomic E-state index is 13.6. The monoisotopic (exact) mass is 397 g/mol. The number of pyridine rings is 3. The Balaban J connectivity index is 1.63. The van der Waals surface area contributed by atoms with Gasteiger partial charge in [-0.3, -0.25) is 14.8 Å². The molecule has 3 heterocycles. The Morgan fingerprint density at radius 3 is 2.69 bits per heavy atom. The van der Waals surface area contributed by atoms with E-state index < -0.39 is 17.5 Å². The summed E-state index contributed by atoms with van der Waals surface area (Å²) in [6.07, 6.45) is 5.81. The molecule has 0 aliphatic heterocycles. The lowest BCUT2D eigenvalue weighted by Crippen LogP contribution is -2.23. The molecule has 148 valence electrons. The Kier molecular flexibility index (Phi) is 6.51. The zero-order valence-corrected chi connectivity index (χ0v) is 15.5. The van der Waals surface area contributed by atoms with Gasteiger partial charge < -0.3 is 10.2 Å². The lowest BCUT2D eigenvalue weighted by molar-refractivity contribution is 0.0949. The third-order valence-corrected chi connectivity index (χ3v) is 3.86. The van der Waals surface area contributed by atoms with E-state index in [1.807, 2.05) is 6.92 Å². The number of oxime groups is 1. The highest BCUT2D eigenvalue weighted by atomic mass is 19.1. The Morgan fingerprint density at radius 2 is 2.00 bits per heavy atom. The molecule has 1 N–H and O–H groups in total. The van der Waals surface area contributed by atoms with Crippen molar-refractivity contribution in [3.8, 4) is 5.88 Å². The number of hydrogen-bond donors (Lipinski definition) is 1. The molecule has 1 amide bonds. The van der Waals surface area contributed by atoms with E-state index in [-0.39, 0.29) is 18.0 Å². The summed E-state index contributed by atoms with van der Waals surface area (Å²) < 4.78 is 26.7. The fourth-order valence-corrected chi connectivity index (χ4v) is 2.37. The number of aromatic nitrogens is 3. The van der Waals surface area contributed by atoms with Crippen molar-refractivity contribution in [2.75, 3.05) is 0 Å². The standard InChI is InChI=1S/C20H17F2N5O2/c1-2-18(27-29-20-17(22)4-3-7-24-20)13-5-6-16(25-10-13)12-26-19(28)14-8-15(21)11-23-9-14/h3-11H,2,12H2,1H3,(H,26,28)/b27-18-. The average molecular weight is 397 g/mol. The van der Waals surface area contributed by atoms with E-state index in [0.717, 1.165) is 12.3 Å². The first-order valence-corrected chi connectivity index (χ1v) is 8.75. The van der Waals surface area contributed by atoms with Gasteiger partial charge >= 0.3 is 0 Å². The number of rotatable bonds is 7. The minimum absolute atomic E-state index is 0.126. The van der Waals surface area contributed by atoms with Crippen molar-refractivity contribution >= 4 is 11.6 Å². The van der Waals surface area contributed by atoms with Crippen LogP contribution in [0.5, 0.6) is 5.88 Å². The van der Waals surface area contributed by atoms with E-state index in [0.29, 0.717) is 23.4 Å². The molecule has 0 saturated carbocycles. The highest BCUT2D eigenvalue weighted by molar-refractivity contribution is 5.99. The zero-order chi connectivity index (χ0) is 20.6. The van der Waals surface area contributed by atoms with Gasteiger partial charge in [0.05, 0.1) is 29.7 Å². The number of nitrogens with zero attached hydrogens (tertiary/aromatic N) is 4. The molecule has 0 radical (unpaired) electrons. The van der Waals surface area contributed by atoms with Gasteiger partial charge in [0.25, 0.3) is 11.8 Å². The predicted octanol–water partition coefficient (Wildman–Crippen LogP) is 3.27. The zero-order valence-electron chi connectivity index (χ0n) is 15.5. The van der Waals surface area contributed by atoms with Crippen molar-refractivity contribution in [1.82, 2.24) is 20.3 Å². The summed E-state index contributed by atoms with van der Waals surface area (Å²) in [5.74, 6) is -1.86. The van der Waals surface area contributed by atoms with Gasteiger partial charge in [0.15, 0.2) is 5.82 Å². The summed E-state index contributed by atoms with van der Waals surface area (Å²) in [7, 11) is 0. The molecule has 0 aromatic carbocycles. The van der Waals surface area contributed by atoms with E-state index >= 15 is 0 Å². The van der Waals surface area contributed by atoms with Crippen LogP contribution in [0.1, 0.15) is 35.0 Å². The van der Waals surface area contributed by atoms with Crippen LogP contribution in [0.25, 0.3) is 0 Å². The smallest absolute Gasteiger partial charge is 0.284 e. The molecule has 0 aliphatic carbocycles. The minimum Gasteiger partial charge on any atom is -0.346 e. The van der Waals surface area contributed by atoms with Gasteiger partial charge in [0.1, 0.15) is 5.82 Å². The quantitative estimate of drug-likeness (QED) is 0.488. The first-order chi connectivity index (χ1) is 14.1. The van der Waals surface area contributed by atoms with Crippen LogP contribution < -0.4 is 10.2 Å². The Morgan fingerprint density at radius 1 is 1.14 bits per heavy atom. The van der Waals surface area contributed by atoms with Gasteiger partial charge in [-0.1, -0.05) is 12.1 Å². The third-order valence-electron chi connectivity index (χ3n) is 3.86. The summed E-state index contributed by atoms with van der Waals surface area (Å²) in [5.41, 5.74) is 1.97. The topological polar surface area (TPSA) is 89.4 Å². The first-order valence-electron chi connectivity index (χ1n) is 8.75. The number of amides is 1. The molecule has 3 aromatic rings. The van der Waals surface area contributed by atoms with Crippen LogP contribution in [-0.2, 0) is 6.54 Å². The highest BCUT2D eigenvalue weighted by Gasteiger charge is 2.09. The summed E-state index contributed by atoms with van der Waals surface area (Å²) in [6, 6.07) is 7.27. The Hall–Kier alpha value is -3.75. The molecule has 0 atom stereocenters. The first kappa shape index (κ1) is 20.0. The predicted molar refractivity (Wildman–Crippen MR) is 101 cm³/mol. The number of carbonyl (C=O) groups is 1. The van der Waals surface area contributed by atoms with Crippen LogP contribution in [0.4, 0.5) is 8.78 Å². The molecule has 0 saturated heterocycles. The second-order valence-electron chi connectivity index (χ2n) is 5.89. The van der Waals surface area contributed by atoms with Crippen LogP contribution >= 0.6 is 0 Å². The van der Waals surface area contributed by atoms with Crippen molar-refractivity contribution in [3.05, 3.63) is 83.6 Å². The summed E-state index contributed by atoms with van der Waals surface area (Å²) in [6.45, 7) is 2.03. The SMILES string of the molecule is CC/C(=N/Oc1ncccc1F)c1ccc(CNC(=O)c2cncc(F)c2)nc1. The molecule has 3 aromatic heterocycles. The highest BCUT2D eigenvalue weighted by Crippen LogP contribution is 2.13. The third kappa shape index (κ3) is 5.38. The van der Waals surface area contributed by atoms with Crippen molar-refractivity contribution < 1.29 is 18.4 Å². The number of nitrogens with one attached hydrogen (secondary N) is 1. The van der Waals surface area contributed by atoms with E-state index in [2.05, 4.69) is 25.4 Å². The molecule has 0 unspecified atom stereocenters. The van der Waals surface area contributed by atoms with Crippen LogP contribution in [0, 0.1) is 11.6 Å². The van der Waals surface area contributed by atoms with Gasteiger partial charge in [0.2, 0.25) is 0 Å². The number of carbonyl (C=O) groups excluding carboxylic acids is 1. The van der Waals surface area contributed by atoms with Crippen LogP contribution in [0.3, 0.4) is 0 Å². The molecule has 0 bridgehead atoms. The Labute approximate surface area is 165 Å². The second kappa shape index (κ2) is 9.45. The molecule has 3 rings (SSSR count). The van der Waals surface area contributed by atoms with Crippen molar-refractivity contribution in [3.63, 3.8) is 0 Å². The van der Waals surface area contributed by atoms with Crippen molar-refractivity contribution in [2.24, 2.45) is 5.16 Å². The maximum Gasteiger partial charge on any atom is 0.284 e. The van der Waals surface area contributed by atoms with Gasteiger partial charge in [0, 0.05) is 24.2 Å². The maximum atomic E-state index is 13.6. The second-order valence-corrected chi connectivity index (χ2v) is 5.89. The van der Waals surface area contributed by atoms with Gasteiger partial charge in [-0.2, -0.15) is 0 Å². The van der Waals surface area contributed by atoms with Crippen LogP contribution in [0.2, 0.25) is 0 Å². The molecule has 0 spiro atoms. The normalized spacial score (nSPS) is 11.2. The molecular formula is C20H17F2N5O2. The van der Waals surface area contributed by atoms with Crippen molar-refractivity contribution in [2.45, 2.75) is 19.9 Å². The minimum atomic E-state index is -0.607. The largest absolute Gasteiger partial charge is 0.346 e. The average Bonchev–Trinajstić information content (AvgIpc) is 2.74. The van der Waals surface area contributed by atoms with Crippen molar-refractivity contribution in [1.29, 1.82) is 0 Å². The van der Waals surface area contributed by atoms with Crippen LogP contribution in [-0.4, -0.2) is 26.6 Å². The molecule has 9 heteroatoms. The lowest BCUT2D eigenvalue weighted by atomic mass is 10.1. The fraction of sp³-hybridized carbons (Fsp3) is 0.150. The van der Waals surface area contributed by atoms with E-state index in [9.17, 15) is 13.6 Å². The molecule has 29 heavy (non-hydrogen) atoms. The van der Waals surface area contributed by atoms with E-state index in [1.165, 1.54) is 24.5 Å². The summed E-state index contributed by atoms with van der Waals surface area (Å²) in [5, 5.41) is 6.60. The molecule has 0 aliphatic rings. The molecular weight excluding hydrogens is 380 g/mol. The van der Waals surface area contributed by atoms with E-state index in [1.54, 1.807) is 18.3 Å². The number of halogens is 2.